The van der Waals surface area contributed by atoms with Gasteiger partial charge in [0.2, 0.25) is 0 Å². The highest BCUT2D eigenvalue weighted by atomic mass is 16.5. The maximum absolute atomic E-state index is 11.9. The van der Waals surface area contributed by atoms with Gasteiger partial charge in [0.05, 0.1) is 6.61 Å². The van der Waals surface area contributed by atoms with Gasteiger partial charge in [0.25, 0.3) is 0 Å². The van der Waals surface area contributed by atoms with Crippen molar-refractivity contribution >= 4 is 5.97 Å². The van der Waals surface area contributed by atoms with Crippen LogP contribution < -0.4 is 0 Å². The molecule has 0 unspecified atom stereocenters. The molecule has 0 spiro atoms. The third-order valence-corrected chi connectivity index (χ3v) is 7.77. The van der Waals surface area contributed by atoms with E-state index in [0.29, 0.717) is 13.0 Å². The molecule has 0 bridgehead atoms. The Hall–Kier alpha value is -1.05. The van der Waals surface area contributed by atoms with E-state index in [1.54, 1.807) is 0 Å². The Bertz CT molecular complexity index is 534. The molecule has 0 amide bonds. The number of allylic oxidation sites excluding steroid dienone is 4. The Morgan fingerprint density at radius 2 is 0.974 bits per heavy atom. The number of carbonyl (C=O) groups excluding carboxylic acids is 1. The van der Waals surface area contributed by atoms with E-state index in [4.69, 9.17) is 4.74 Å². The first kappa shape index (κ1) is 38.0. The summed E-state index contributed by atoms with van der Waals surface area (Å²) in [6, 6.07) is 0. The van der Waals surface area contributed by atoms with Crippen molar-refractivity contribution in [1.29, 1.82) is 0 Å². The highest BCUT2D eigenvalue weighted by Gasteiger charge is 2.02. The Kier molecular flexibility index (Phi) is 32.3. The highest BCUT2D eigenvalue weighted by Crippen LogP contribution is 2.15. The molecule has 0 aromatic carbocycles. The van der Waals surface area contributed by atoms with Gasteiger partial charge in [-0.15, -0.1) is 0 Å². The van der Waals surface area contributed by atoms with E-state index in [2.05, 4.69) is 45.1 Å². The summed E-state index contributed by atoms with van der Waals surface area (Å²) in [7, 11) is 0. The molecule has 0 atom stereocenters. The highest BCUT2D eigenvalue weighted by molar-refractivity contribution is 5.69. The number of carbonyl (C=O) groups is 1. The fourth-order valence-corrected chi connectivity index (χ4v) is 5.11. The normalized spacial score (nSPS) is 11.9. The second-order valence-electron chi connectivity index (χ2n) is 12.3. The van der Waals surface area contributed by atoms with E-state index in [-0.39, 0.29) is 5.97 Å². The fraction of sp³-hybridized carbons (Fsp3) is 0.865. The molecule has 0 aromatic heterocycles. The van der Waals surface area contributed by atoms with Gasteiger partial charge in [0.1, 0.15) is 0 Å². The van der Waals surface area contributed by atoms with Gasteiger partial charge in [0.15, 0.2) is 0 Å². The van der Waals surface area contributed by atoms with Gasteiger partial charge in [-0.25, -0.2) is 0 Å². The van der Waals surface area contributed by atoms with Crippen LogP contribution >= 0.6 is 0 Å². The summed E-state index contributed by atoms with van der Waals surface area (Å²) in [6.07, 6.45) is 43.7. The molecule has 0 aliphatic heterocycles. The summed E-state index contributed by atoms with van der Waals surface area (Å²) in [5, 5.41) is 0. The van der Waals surface area contributed by atoms with E-state index in [9.17, 15) is 4.79 Å². The van der Waals surface area contributed by atoms with Crippen LogP contribution in [0.5, 0.6) is 0 Å². The molecular weight excluding hydrogens is 476 g/mol. The number of esters is 1. The van der Waals surface area contributed by atoms with E-state index >= 15 is 0 Å². The molecule has 0 heterocycles. The standard InChI is InChI=1S/C37H70O2/c1-4-5-6-7-8-9-10-11-12-16-19-22-25-28-31-34-37(38)39-35-32-29-26-23-20-17-14-13-15-18-21-24-27-30-33-36(2)3/h8-9,11-12,36H,4-7,10,13-35H2,1-3H3/b9-8-,12-11-. The van der Waals surface area contributed by atoms with Crippen molar-refractivity contribution in [3.63, 3.8) is 0 Å². The molecule has 0 fully saturated rings. The number of ether oxygens (including phenoxy) is 1. The fourth-order valence-electron chi connectivity index (χ4n) is 5.11. The number of rotatable bonds is 31. The molecule has 2 heteroatoms. The molecule has 39 heavy (non-hydrogen) atoms. The second-order valence-corrected chi connectivity index (χ2v) is 12.3. The zero-order chi connectivity index (χ0) is 28.5. The molecule has 0 aromatic rings. The molecular formula is C37H70O2. The lowest BCUT2D eigenvalue weighted by atomic mass is 10.0. The first-order chi connectivity index (χ1) is 19.2. The average Bonchev–Trinajstić information content (AvgIpc) is 2.92. The second kappa shape index (κ2) is 33.2. The van der Waals surface area contributed by atoms with Crippen LogP contribution in [0.4, 0.5) is 0 Å². The largest absolute Gasteiger partial charge is 0.466 e. The van der Waals surface area contributed by atoms with E-state index < -0.39 is 0 Å². The number of unbranched alkanes of at least 4 members (excludes halogenated alkanes) is 21. The number of hydrogen-bond acceptors (Lipinski definition) is 2. The predicted octanol–water partition coefficient (Wildman–Crippen LogP) is 12.9. The van der Waals surface area contributed by atoms with Crippen LogP contribution in [0.2, 0.25) is 0 Å². The van der Waals surface area contributed by atoms with Crippen LogP contribution in [0, 0.1) is 5.92 Å². The molecule has 0 aliphatic carbocycles. The Morgan fingerprint density at radius 3 is 1.49 bits per heavy atom. The summed E-state index contributed by atoms with van der Waals surface area (Å²) in [6.45, 7) is 7.54. The molecule has 0 aliphatic rings. The minimum Gasteiger partial charge on any atom is -0.466 e. The van der Waals surface area contributed by atoms with Crippen molar-refractivity contribution in [1.82, 2.24) is 0 Å². The summed E-state index contributed by atoms with van der Waals surface area (Å²) in [4.78, 5) is 11.9. The first-order valence-electron chi connectivity index (χ1n) is 17.6. The lowest BCUT2D eigenvalue weighted by molar-refractivity contribution is -0.143. The van der Waals surface area contributed by atoms with Crippen LogP contribution in [0.3, 0.4) is 0 Å². The molecule has 0 N–H and O–H groups in total. The van der Waals surface area contributed by atoms with Gasteiger partial charge in [-0.1, -0.05) is 167 Å². The van der Waals surface area contributed by atoms with Crippen molar-refractivity contribution in [2.75, 3.05) is 6.61 Å². The Balaban J connectivity index is 3.22. The molecule has 0 saturated heterocycles. The van der Waals surface area contributed by atoms with Crippen LogP contribution in [0.1, 0.15) is 194 Å². The minimum atomic E-state index is 0.0104. The topological polar surface area (TPSA) is 26.3 Å². The van der Waals surface area contributed by atoms with Crippen molar-refractivity contribution in [3.05, 3.63) is 24.3 Å². The monoisotopic (exact) mass is 547 g/mol. The molecule has 0 radical (unpaired) electrons. The van der Waals surface area contributed by atoms with Crippen molar-refractivity contribution in [2.24, 2.45) is 5.92 Å². The SMILES string of the molecule is CCCCC/C=C\C/C=C\CCCCCCCC(=O)OCCCCCCCCCCCCCCCCC(C)C. The van der Waals surface area contributed by atoms with Crippen molar-refractivity contribution in [2.45, 2.75) is 194 Å². The third kappa shape index (κ3) is 34.9. The van der Waals surface area contributed by atoms with Gasteiger partial charge in [-0.3, -0.25) is 4.79 Å². The van der Waals surface area contributed by atoms with E-state index in [1.165, 1.54) is 141 Å². The molecule has 0 saturated carbocycles. The minimum absolute atomic E-state index is 0.0104. The van der Waals surface area contributed by atoms with Crippen molar-refractivity contribution < 1.29 is 9.53 Å². The average molecular weight is 547 g/mol. The lowest BCUT2D eigenvalue weighted by Gasteiger charge is -2.06. The Labute approximate surface area is 246 Å². The smallest absolute Gasteiger partial charge is 0.305 e. The quantitative estimate of drug-likeness (QED) is 0.0491. The first-order valence-corrected chi connectivity index (χ1v) is 17.6. The summed E-state index contributed by atoms with van der Waals surface area (Å²) < 4.78 is 5.43. The maximum atomic E-state index is 11.9. The summed E-state index contributed by atoms with van der Waals surface area (Å²) in [5.41, 5.74) is 0. The maximum Gasteiger partial charge on any atom is 0.305 e. The van der Waals surface area contributed by atoms with Crippen LogP contribution in [-0.4, -0.2) is 12.6 Å². The van der Waals surface area contributed by atoms with Crippen molar-refractivity contribution in [3.8, 4) is 0 Å². The molecule has 230 valence electrons. The van der Waals surface area contributed by atoms with Gasteiger partial charge in [0, 0.05) is 6.42 Å². The molecule has 0 rings (SSSR count). The zero-order valence-corrected chi connectivity index (χ0v) is 27.0. The van der Waals surface area contributed by atoms with Crippen LogP contribution in [-0.2, 0) is 9.53 Å². The van der Waals surface area contributed by atoms with E-state index in [1.807, 2.05) is 0 Å². The third-order valence-electron chi connectivity index (χ3n) is 7.77. The van der Waals surface area contributed by atoms with Crippen LogP contribution in [0.25, 0.3) is 0 Å². The van der Waals surface area contributed by atoms with Gasteiger partial charge < -0.3 is 4.74 Å². The summed E-state index contributed by atoms with van der Waals surface area (Å²) >= 11 is 0. The Morgan fingerprint density at radius 1 is 0.538 bits per heavy atom. The molecule has 2 nitrogen and oxygen atoms in total. The van der Waals surface area contributed by atoms with Gasteiger partial charge in [-0.05, 0) is 50.9 Å². The summed E-state index contributed by atoms with van der Waals surface area (Å²) in [5.74, 6) is 0.884. The zero-order valence-electron chi connectivity index (χ0n) is 27.0. The lowest BCUT2D eigenvalue weighted by Crippen LogP contribution is -2.05. The van der Waals surface area contributed by atoms with Crippen LogP contribution in [0.15, 0.2) is 24.3 Å². The van der Waals surface area contributed by atoms with E-state index in [0.717, 1.165) is 31.6 Å². The number of hydrogen-bond donors (Lipinski definition) is 0. The van der Waals surface area contributed by atoms with Gasteiger partial charge in [-0.2, -0.15) is 0 Å². The van der Waals surface area contributed by atoms with Gasteiger partial charge >= 0.3 is 5.97 Å². The predicted molar refractivity (Wildman–Crippen MR) is 174 cm³/mol.